The van der Waals surface area contributed by atoms with Crippen molar-refractivity contribution in [2.24, 2.45) is 11.3 Å². The molecule has 1 aliphatic carbocycles. The molecule has 18 heavy (non-hydrogen) atoms. The molecule has 0 fully saturated rings. The topological polar surface area (TPSA) is 17.3 Å². The predicted octanol–water partition coefficient (Wildman–Crippen LogP) is 4.16. The van der Waals surface area contributed by atoms with Gasteiger partial charge in [-0.15, -0.1) is 11.3 Å². The van der Waals surface area contributed by atoms with Crippen LogP contribution in [0.1, 0.15) is 49.2 Å². The highest BCUT2D eigenvalue weighted by atomic mass is 32.1. The predicted molar refractivity (Wildman–Crippen MR) is 77.5 cm³/mol. The van der Waals surface area contributed by atoms with Crippen LogP contribution in [0.2, 0.25) is 0 Å². The number of nitrogens with zero attached hydrogens (tertiary/aromatic N) is 2. The van der Waals surface area contributed by atoms with Crippen LogP contribution in [-0.2, 0) is 12.8 Å². The minimum atomic E-state index is 0.404. The summed E-state index contributed by atoms with van der Waals surface area (Å²) in [5.74, 6) is 0.782. The van der Waals surface area contributed by atoms with E-state index in [9.17, 15) is 0 Å². The van der Waals surface area contributed by atoms with Crippen LogP contribution in [0.3, 0.4) is 0 Å². The number of aryl methyl sites for hydroxylation is 3. The van der Waals surface area contributed by atoms with Gasteiger partial charge in [0.2, 0.25) is 0 Å². The molecule has 3 rings (SSSR count). The third-order valence-corrected chi connectivity index (χ3v) is 5.57. The van der Waals surface area contributed by atoms with E-state index in [4.69, 9.17) is 4.98 Å². The molecule has 0 N–H and O–H groups in total. The summed E-state index contributed by atoms with van der Waals surface area (Å²) in [4.78, 5) is 7.43. The summed E-state index contributed by atoms with van der Waals surface area (Å²) in [5, 5.41) is 0. The van der Waals surface area contributed by atoms with Crippen LogP contribution in [0.25, 0.3) is 4.96 Å². The van der Waals surface area contributed by atoms with E-state index < -0.39 is 0 Å². The van der Waals surface area contributed by atoms with Crippen LogP contribution in [0.5, 0.6) is 0 Å². The number of hydrogen-bond donors (Lipinski definition) is 0. The lowest BCUT2D eigenvalue weighted by molar-refractivity contribution is 0.213. The van der Waals surface area contributed by atoms with E-state index in [2.05, 4.69) is 39.0 Å². The Kier molecular flexibility index (Phi) is 2.60. The Morgan fingerprint density at radius 2 is 2.00 bits per heavy atom. The molecule has 0 amide bonds. The van der Waals surface area contributed by atoms with E-state index in [1.54, 1.807) is 0 Å². The molecule has 0 aromatic carbocycles. The van der Waals surface area contributed by atoms with Gasteiger partial charge in [0.25, 0.3) is 0 Å². The highest BCUT2D eigenvalue weighted by Gasteiger charge is 2.31. The van der Waals surface area contributed by atoms with Gasteiger partial charge in [-0.2, -0.15) is 0 Å². The molecule has 0 saturated carbocycles. The standard InChI is InChI=1S/C15H22N2S/c1-9-10(2)18-14-16-12-7-6-11(15(3,4)5)8-13(12)17(9)14/h11H,6-8H2,1-5H3. The third-order valence-electron chi connectivity index (χ3n) is 4.51. The minimum absolute atomic E-state index is 0.404. The SMILES string of the molecule is Cc1sc2nc3c(n2c1C)CC(C(C)(C)C)CC3. The lowest BCUT2D eigenvalue weighted by atomic mass is 9.73. The molecule has 3 heteroatoms. The van der Waals surface area contributed by atoms with Crippen LogP contribution in [0, 0.1) is 25.2 Å². The average molecular weight is 262 g/mol. The zero-order valence-corrected chi connectivity index (χ0v) is 12.8. The molecule has 0 radical (unpaired) electrons. The number of imidazole rings is 1. The first-order chi connectivity index (χ1) is 8.38. The van der Waals surface area contributed by atoms with Crippen molar-refractivity contribution >= 4 is 16.3 Å². The number of hydrogen-bond acceptors (Lipinski definition) is 2. The fourth-order valence-corrected chi connectivity index (χ4v) is 4.06. The third kappa shape index (κ3) is 1.71. The van der Waals surface area contributed by atoms with E-state index in [1.165, 1.54) is 39.8 Å². The number of fused-ring (bicyclic) bond motifs is 3. The maximum absolute atomic E-state index is 4.83. The van der Waals surface area contributed by atoms with Gasteiger partial charge in [-0.25, -0.2) is 4.98 Å². The van der Waals surface area contributed by atoms with Crippen molar-refractivity contribution in [1.82, 2.24) is 9.38 Å². The van der Waals surface area contributed by atoms with Gasteiger partial charge >= 0.3 is 0 Å². The minimum Gasteiger partial charge on any atom is -0.291 e. The Balaban J connectivity index is 2.11. The smallest absolute Gasteiger partial charge is 0.194 e. The summed E-state index contributed by atoms with van der Waals surface area (Å²) >= 11 is 1.83. The summed E-state index contributed by atoms with van der Waals surface area (Å²) in [7, 11) is 0. The largest absolute Gasteiger partial charge is 0.291 e. The fourth-order valence-electron chi connectivity index (χ4n) is 3.05. The van der Waals surface area contributed by atoms with Crippen molar-refractivity contribution in [3.63, 3.8) is 0 Å². The maximum Gasteiger partial charge on any atom is 0.194 e. The van der Waals surface area contributed by atoms with Crippen molar-refractivity contribution in [3.05, 3.63) is 22.0 Å². The molecule has 0 bridgehead atoms. The number of rotatable bonds is 0. The molecule has 98 valence electrons. The van der Waals surface area contributed by atoms with Gasteiger partial charge in [0.15, 0.2) is 4.96 Å². The molecule has 1 unspecified atom stereocenters. The first-order valence-electron chi connectivity index (χ1n) is 6.84. The second-order valence-corrected chi connectivity index (χ2v) is 7.85. The highest BCUT2D eigenvalue weighted by Crippen LogP contribution is 2.38. The number of thiazole rings is 1. The van der Waals surface area contributed by atoms with Crippen molar-refractivity contribution in [3.8, 4) is 0 Å². The summed E-state index contributed by atoms with van der Waals surface area (Å²) in [6.45, 7) is 11.5. The first-order valence-corrected chi connectivity index (χ1v) is 7.66. The summed E-state index contributed by atoms with van der Waals surface area (Å²) in [6, 6.07) is 0. The van der Waals surface area contributed by atoms with Crippen LogP contribution < -0.4 is 0 Å². The molecule has 0 saturated heterocycles. The Morgan fingerprint density at radius 1 is 1.28 bits per heavy atom. The van der Waals surface area contributed by atoms with Crippen LogP contribution in [0.15, 0.2) is 0 Å². The highest BCUT2D eigenvalue weighted by molar-refractivity contribution is 7.17. The Bertz CT molecular complexity index is 598. The van der Waals surface area contributed by atoms with Gasteiger partial charge in [0.05, 0.1) is 5.69 Å². The Morgan fingerprint density at radius 3 is 2.67 bits per heavy atom. The first kappa shape index (κ1) is 12.2. The molecule has 2 nitrogen and oxygen atoms in total. The van der Waals surface area contributed by atoms with E-state index in [-0.39, 0.29) is 0 Å². The van der Waals surface area contributed by atoms with Gasteiger partial charge < -0.3 is 0 Å². The van der Waals surface area contributed by atoms with Crippen LogP contribution in [-0.4, -0.2) is 9.38 Å². The second kappa shape index (κ2) is 3.83. The lowest BCUT2D eigenvalue weighted by Crippen LogP contribution is -2.27. The van der Waals surface area contributed by atoms with Crippen molar-refractivity contribution in [2.45, 2.75) is 53.9 Å². The molecular formula is C15H22N2S. The zero-order valence-electron chi connectivity index (χ0n) is 12.0. The molecule has 2 aromatic rings. The van der Waals surface area contributed by atoms with E-state index in [1.807, 2.05) is 11.3 Å². The van der Waals surface area contributed by atoms with Crippen molar-refractivity contribution in [1.29, 1.82) is 0 Å². The van der Waals surface area contributed by atoms with E-state index in [0.717, 1.165) is 12.3 Å². The maximum atomic E-state index is 4.83. The number of aromatic nitrogens is 2. The van der Waals surface area contributed by atoms with Gasteiger partial charge in [-0.3, -0.25) is 4.40 Å². The van der Waals surface area contributed by atoms with Crippen LogP contribution in [0.4, 0.5) is 0 Å². The van der Waals surface area contributed by atoms with E-state index >= 15 is 0 Å². The summed E-state index contributed by atoms with van der Waals surface area (Å²) in [5.41, 5.74) is 4.63. The van der Waals surface area contributed by atoms with Crippen molar-refractivity contribution < 1.29 is 0 Å². The Labute approximate surface area is 113 Å². The van der Waals surface area contributed by atoms with E-state index in [0.29, 0.717) is 5.41 Å². The molecule has 1 aliphatic rings. The van der Waals surface area contributed by atoms with Crippen molar-refractivity contribution in [2.75, 3.05) is 0 Å². The lowest BCUT2D eigenvalue weighted by Gasteiger charge is -2.33. The van der Waals surface area contributed by atoms with Gasteiger partial charge in [-0.1, -0.05) is 20.8 Å². The Hall–Kier alpha value is -0.830. The fraction of sp³-hybridized carbons (Fsp3) is 0.667. The average Bonchev–Trinajstić information content (AvgIpc) is 2.75. The monoisotopic (exact) mass is 262 g/mol. The zero-order chi connectivity index (χ0) is 13.1. The van der Waals surface area contributed by atoms with Gasteiger partial charge in [-0.05, 0) is 44.4 Å². The molecular weight excluding hydrogens is 240 g/mol. The summed E-state index contributed by atoms with van der Waals surface area (Å²) < 4.78 is 2.41. The molecule has 2 aromatic heterocycles. The summed E-state index contributed by atoms with van der Waals surface area (Å²) in [6.07, 6.45) is 3.64. The molecule has 2 heterocycles. The normalized spacial score (nSPS) is 20.4. The molecule has 1 atom stereocenters. The quantitative estimate of drug-likeness (QED) is 0.696. The molecule has 0 spiro atoms. The van der Waals surface area contributed by atoms with Gasteiger partial charge in [0.1, 0.15) is 0 Å². The molecule has 0 aliphatic heterocycles. The van der Waals surface area contributed by atoms with Gasteiger partial charge in [0, 0.05) is 16.3 Å². The van der Waals surface area contributed by atoms with Crippen LogP contribution >= 0.6 is 11.3 Å². The second-order valence-electron chi connectivity index (χ2n) is 6.67.